The van der Waals surface area contributed by atoms with Crippen molar-refractivity contribution in [2.45, 2.75) is 32.1 Å². The third-order valence-electron chi connectivity index (χ3n) is 2.94. The van der Waals surface area contributed by atoms with Gasteiger partial charge in [0.05, 0.1) is 12.8 Å². The number of carboxylic acid groups (broad SMARTS) is 2. The number of carbonyl (C=O) groups is 2. The number of aryl methyl sites for hydroxylation is 1. The minimum Gasteiger partial charge on any atom is -0.481 e. The average molecular weight is 254 g/mol. The fourth-order valence-electron chi connectivity index (χ4n) is 1.95. The van der Waals surface area contributed by atoms with Crippen LogP contribution in [0.4, 0.5) is 4.39 Å². The normalized spacial score (nSPS) is 11.3. The van der Waals surface area contributed by atoms with Gasteiger partial charge in [0.1, 0.15) is 5.82 Å². The zero-order valence-corrected chi connectivity index (χ0v) is 10.2. The zero-order chi connectivity index (χ0) is 13.9. The van der Waals surface area contributed by atoms with Gasteiger partial charge in [0.25, 0.3) is 0 Å². The number of rotatable bonds is 5. The van der Waals surface area contributed by atoms with E-state index in [9.17, 15) is 14.0 Å². The Hall–Kier alpha value is -1.91. The van der Waals surface area contributed by atoms with E-state index in [1.165, 1.54) is 18.2 Å². The molecule has 0 atom stereocenters. The molecule has 0 aromatic heterocycles. The SMILES string of the molecule is Cc1cc(C(C)(CC(=O)O)CC(=O)O)ccc1F. The number of hydrogen-bond acceptors (Lipinski definition) is 2. The van der Waals surface area contributed by atoms with Crippen LogP contribution >= 0.6 is 0 Å². The molecule has 2 N–H and O–H groups in total. The highest BCUT2D eigenvalue weighted by Gasteiger charge is 2.32. The monoisotopic (exact) mass is 254 g/mol. The molecule has 0 fully saturated rings. The molecule has 1 aromatic carbocycles. The van der Waals surface area contributed by atoms with Gasteiger partial charge in [-0.3, -0.25) is 9.59 Å². The molecule has 0 heterocycles. The topological polar surface area (TPSA) is 74.6 Å². The first-order chi connectivity index (χ1) is 8.24. The van der Waals surface area contributed by atoms with E-state index in [4.69, 9.17) is 10.2 Å². The van der Waals surface area contributed by atoms with Crippen molar-refractivity contribution in [2.24, 2.45) is 0 Å². The van der Waals surface area contributed by atoms with Crippen LogP contribution in [0.1, 0.15) is 30.9 Å². The van der Waals surface area contributed by atoms with Gasteiger partial charge in [-0.15, -0.1) is 0 Å². The van der Waals surface area contributed by atoms with Gasteiger partial charge in [-0.05, 0) is 24.1 Å². The number of benzene rings is 1. The van der Waals surface area contributed by atoms with Crippen LogP contribution in [0.2, 0.25) is 0 Å². The molecule has 18 heavy (non-hydrogen) atoms. The molecule has 0 saturated carbocycles. The Morgan fingerprint density at radius 1 is 1.22 bits per heavy atom. The maximum atomic E-state index is 13.2. The fourth-order valence-corrected chi connectivity index (χ4v) is 1.95. The predicted molar refractivity (Wildman–Crippen MR) is 63.0 cm³/mol. The minimum absolute atomic E-state index is 0.315. The standard InChI is InChI=1S/C13H15FO4/c1-8-5-9(3-4-10(8)14)13(2,6-11(15)16)7-12(17)18/h3-5H,6-7H2,1-2H3,(H,15,16)(H,17,18). The van der Waals surface area contributed by atoms with Crippen LogP contribution in [0.15, 0.2) is 18.2 Å². The van der Waals surface area contributed by atoms with Gasteiger partial charge >= 0.3 is 11.9 Å². The maximum Gasteiger partial charge on any atom is 0.304 e. The summed E-state index contributed by atoms with van der Waals surface area (Å²) in [6, 6.07) is 4.17. The van der Waals surface area contributed by atoms with E-state index in [0.717, 1.165) is 0 Å². The number of hydrogen-bond donors (Lipinski definition) is 2. The molecule has 4 nitrogen and oxygen atoms in total. The van der Waals surface area contributed by atoms with Crippen molar-refractivity contribution in [3.8, 4) is 0 Å². The van der Waals surface area contributed by atoms with Crippen molar-refractivity contribution >= 4 is 11.9 Å². The first-order valence-electron chi connectivity index (χ1n) is 5.45. The van der Waals surface area contributed by atoms with Gasteiger partial charge in [-0.25, -0.2) is 4.39 Å². The van der Waals surface area contributed by atoms with E-state index in [-0.39, 0.29) is 12.8 Å². The molecule has 5 heteroatoms. The first kappa shape index (κ1) is 14.2. The van der Waals surface area contributed by atoms with E-state index in [1.54, 1.807) is 13.8 Å². The molecule has 1 rings (SSSR count). The van der Waals surface area contributed by atoms with Gasteiger partial charge in [0.15, 0.2) is 0 Å². The molecule has 0 amide bonds. The summed E-state index contributed by atoms with van der Waals surface area (Å²) >= 11 is 0. The van der Waals surface area contributed by atoms with Crippen LogP contribution in [0.25, 0.3) is 0 Å². The molecule has 0 bridgehead atoms. The van der Waals surface area contributed by atoms with E-state index in [0.29, 0.717) is 11.1 Å². The Labute approximate surface area is 104 Å². The predicted octanol–water partition coefficient (Wildman–Crippen LogP) is 2.34. The second-order valence-electron chi connectivity index (χ2n) is 4.67. The van der Waals surface area contributed by atoms with Gasteiger partial charge in [0, 0.05) is 5.41 Å². The Kier molecular flexibility index (Phi) is 4.06. The summed E-state index contributed by atoms with van der Waals surface area (Å²) in [7, 11) is 0. The van der Waals surface area contributed by atoms with Crippen molar-refractivity contribution < 1.29 is 24.2 Å². The highest BCUT2D eigenvalue weighted by Crippen LogP contribution is 2.32. The molecular formula is C13H15FO4. The Morgan fingerprint density at radius 2 is 1.72 bits per heavy atom. The minimum atomic E-state index is -1.08. The molecule has 1 aromatic rings. The lowest BCUT2D eigenvalue weighted by Gasteiger charge is -2.27. The Balaban J connectivity index is 3.19. The summed E-state index contributed by atoms with van der Waals surface area (Å²) in [5.41, 5.74) is -0.156. The number of aliphatic carboxylic acids is 2. The van der Waals surface area contributed by atoms with Crippen LogP contribution < -0.4 is 0 Å². The van der Waals surface area contributed by atoms with E-state index in [1.807, 2.05) is 0 Å². The first-order valence-corrected chi connectivity index (χ1v) is 5.45. The van der Waals surface area contributed by atoms with E-state index in [2.05, 4.69) is 0 Å². The van der Waals surface area contributed by atoms with Crippen LogP contribution in [0.3, 0.4) is 0 Å². The largest absolute Gasteiger partial charge is 0.481 e. The molecule has 0 spiro atoms. The summed E-state index contributed by atoms with van der Waals surface area (Å²) in [6.45, 7) is 3.11. The van der Waals surface area contributed by atoms with Crippen molar-refractivity contribution in [2.75, 3.05) is 0 Å². The lowest BCUT2D eigenvalue weighted by atomic mass is 9.76. The molecular weight excluding hydrogens is 239 g/mol. The Morgan fingerprint density at radius 3 is 2.11 bits per heavy atom. The molecule has 98 valence electrons. The third kappa shape index (κ3) is 3.29. The van der Waals surface area contributed by atoms with Crippen LogP contribution in [-0.2, 0) is 15.0 Å². The highest BCUT2D eigenvalue weighted by molar-refractivity contribution is 5.74. The van der Waals surface area contributed by atoms with Crippen molar-refractivity contribution in [1.82, 2.24) is 0 Å². The summed E-state index contributed by atoms with van der Waals surface area (Å²) in [4.78, 5) is 21.7. The highest BCUT2D eigenvalue weighted by atomic mass is 19.1. The zero-order valence-electron chi connectivity index (χ0n) is 10.2. The molecule has 0 aliphatic heterocycles. The quantitative estimate of drug-likeness (QED) is 0.845. The molecule has 0 radical (unpaired) electrons. The average Bonchev–Trinajstić information content (AvgIpc) is 2.19. The van der Waals surface area contributed by atoms with E-state index < -0.39 is 23.2 Å². The lowest BCUT2D eigenvalue weighted by Crippen LogP contribution is -2.29. The van der Waals surface area contributed by atoms with Crippen molar-refractivity contribution in [3.05, 3.63) is 35.1 Å². The summed E-state index contributed by atoms with van der Waals surface area (Å²) in [5, 5.41) is 17.8. The maximum absolute atomic E-state index is 13.2. The summed E-state index contributed by atoms with van der Waals surface area (Å²) < 4.78 is 13.2. The molecule has 0 unspecified atom stereocenters. The van der Waals surface area contributed by atoms with Crippen molar-refractivity contribution in [1.29, 1.82) is 0 Å². The number of halogens is 1. The van der Waals surface area contributed by atoms with Crippen LogP contribution in [0, 0.1) is 12.7 Å². The molecule has 0 saturated heterocycles. The van der Waals surface area contributed by atoms with Gasteiger partial charge in [-0.1, -0.05) is 19.1 Å². The third-order valence-corrected chi connectivity index (χ3v) is 2.94. The fraction of sp³-hybridized carbons (Fsp3) is 0.385. The van der Waals surface area contributed by atoms with Gasteiger partial charge < -0.3 is 10.2 Å². The van der Waals surface area contributed by atoms with E-state index >= 15 is 0 Å². The lowest BCUT2D eigenvalue weighted by molar-refractivity contribution is -0.141. The second-order valence-corrected chi connectivity index (χ2v) is 4.67. The van der Waals surface area contributed by atoms with Crippen LogP contribution in [0.5, 0.6) is 0 Å². The Bertz CT molecular complexity index is 466. The van der Waals surface area contributed by atoms with Gasteiger partial charge in [0.2, 0.25) is 0 Å². The summed E-state index contributed by atoms with van der Waals surface area (Å²) in [6.07, 6.45) is -0.630. The molecule has 0 aliphatic carbocycles. The van der Waals surface area contributed by atoms with Crippen molar-refractivity contribution in [3.63, 3.8) is 0 Å². The second kappa shape index (κ2) is 5.16. The van der Waals surface area contributed by atoms with Crippen LogP contribution in [-0.4, -0.2) is 22.2 Å². The molecule has 0 aliphatic rings. The van der Waals surface area contributed by atoms with Gasteiger partial charge in [-0.2, -0.15) is 0 Å². The smallest absolute Gasteiger partial charge is 0.304 e. The number of carboxylic acids is 2. The summed E-state index contributed by atoms with van der Waals surface area (Å²) in [5.74, 6) is -2.56.